The van der Waals surface area contributed by atoms with Crippen molar-refractivity contribution < 1.29 is 0 Å². The van der Waals surface area contributed by atoms with Gasteiger partial charge >= 0.3 is 0 Å². The van der Waals surface area contributed by atoms with Gasteiger partial charge in [0.15, 0.2) is 0 Å². The maximum Gasteiger partial charge on any atom is 0.0714 e. The summed E-state index contributed by atoms with van der Waals surface area (Å²) < 4.78 is 3.07. The van der Waals surface area contributed by atoms with Gasteiger partial charge in [-0.1, -0.05) is 29.8 Å². The van der Waals surface area contributed by atoms with Gasteiger partial charge in [-0.25, -0.2) is 0 Å². The third-order valence-electron chi connectivity index (χ3n) is 2.45. The van der Waals surface area contributed by atoms with Crippen LogP contribution in [0.2, 0.25) is 0 Å². The molecular weight excluding hydrogens is 240 g/mol. The van der Waals surface area contributed by atoms with Gasteiger partial charge in [-0.15, -0.1) is 0 Å². The highest BCUT2D eigenvalue weighted by molar-refractivity contribution is 9.10. The lowest BCUT2D eigenvalue weighted by molar-refractivity contribution is 0.779. The zero-order chi connectivity index (χ0) is 10.3. The van der Waals surface area contributed by atoms with E-state index in [4.69, 9.17) is 0 Å². The van der Waals surface area contributed by atoms with Crippen molar-refractivity contribution in [2.45, 2.75) is 19.8 Å². The Morgan fingerprint density at radius 2 is 2.07 bits per heavy atom. The van der Waals surface area contributed by atoms with E-state index in [1.807, 2.05) is 17.9 Å². The molecule has 1 aromatic carbocycles. The number of hydrogen-bond donors (Lipinski definition) is 0. The Labute approximate surface area is 92.0 Å². The first-order valence-electron chi connectivity index (χ1n) is 4.70. The molecule has 1 aromatic heterocycles. The van der Waals surface area contributed by atoms with Crippen LogP contribution in [0.4, 0.5) is 0 Å². The van der Waals surface area contributed by atoms with Crippen LogP contribution >= 0.6 is 15.9 Å². The average molecular weight is 253 g/mol. The van der Waals surface area contributed by atoms with E-state index in [-0.39, 0.29) is 0 Å². The lowest BCUT2D eigenvalue weighted by atomic mass is 10.0. The molecule has 1 heterocycles. The molecule has 0 aliphatic heterocycles. The van der Waals surface area contributed by atoms with Crippen molar-refractivity contribution in [3.05, 3.63) is 28.4 Å². The molecule has 0 bridgehead atoms. The molecule has 0 amide bonds. The second kappa shape index (κ2) is 3.39. The molecule has 2 aromatic rings. The fourth-order valence-corrected chi connectivity index (χ4v) is 2.25. The van der Waals surface area contributed by atoms with Crippen molar-refractivity contribution in [3.63, 3.8) is 0 Å². The van der Waals surface area contributed by atoms with Gasteiger partial charge in [0.2, 0.25) is 0 Å². The van der Waals surface area contributed by atoms with E-state index in [1.54, 1.807) is 0 Å². The molecule has 0 aliphatic carbocycles. The molecule has 14 heavy (non-hydrogen) atoms. The Kier molecular flexibility index (Phi) is 2.35. The number of halogens is 1. The van der Waals surface area contributed by atoms with Crippen LogP contribution < -0.4 is 0 Å². The highest BCUT2D eigenvalue weighted by Gasteiger charge is 2.10. The summed E-state index contributed by atoms with van der Waals surface area (Å²) in [7, 11) is 1.99. The zero-order valence-electron chi connectivity index (χ0n) is 8.58. The summed E-state index contributed by atoms with van der Waals surface area (Å²) in [4.78, 5) is 0. The molecule has 0 unspecified atom stereocenters. The quantitative estimate of drug-likeness (QED) is 0.761. The maximum absolute atomic E-state index is 4.28. The van der Waals surface area contributed by atoms with E-state index in [1.165, 1.54) is 16.5 Å². The number of fused-ring (bicyclic) bond motifs is 1. The van der Waals surface area contributed by atoms with Crippen LogP contribution in [0.15, 0.2) is 22.8 Å². The Bertz CT molecular complexity index is 471. The van der Waals surface area contributed by atoms with Crippen LogP contribution in [0.25, 0.3) is 10.9 Å². The standard InChI is InChI=1S/C11H13BrN2/c1-7(2)10-5-9(12)4-8-6-13-14(3)11(8)10/h4-7H,1-3H3. The van der Waals surface area contributed by atoms with Crippen LogP contribution in [-0.4, -0.2) is 9.78 Å². The molecule has 0 N–H and O–H groups in total. The topological polar surface area (TPSA) is 17.8 Å². The Balaban J connectivity index is 2.83. The van der Waals surface area contributed by atoms with Gasteiger partial charge in [0.1, 0.15) is 0 Å². The van der Waals surface area contributed by atoms with E-state index in [0.29, 0.717) is 5.92 Å². The lowest BCUT2D eigenvalue weighted by Crippen LogP contribution is -1.96. The smallest absolute Gasteiger partial charge is 0.0714 e. The molecular formula is C11H13BrN2. The van der Waals surface area contributed by atoms with Crippen molar-refractivity contribution in [2.24, 2.45) is 7.05 Å². The second-order valence-electron chi connectivity index (χ2n) is 3.86. The molecule has 2 rings (SSSR count). The SMILES string of the molecule is CC(C)c1cc(Br)cc2cnn(C)c12. The molecule has 0 atom stereocenters. The zero-order valence-corrected chi connectivity index (χ0v) is 10.2. The van der Waals surface area contributed by atoms with E-state index >= 15 is 0 Å². The van der Waals surface area contributed by atoms with Crippen LogP contribution in [0.5, 0.6) is 0 Å². The molecule has 0 saturated carbocycles. The summed E-state index contributed by atoms with van der Waals surface area (Å²) in [5.74, 6) is 0.519. The van der Waals surface area contributed by atoms with Crippen molar-refractivity contribution in [3.8, 4) is 0 Å². The molecule has 2 nitrogen and oxygen atoms in total. The van der Waals surface area contributed by atoms with Gasteiger partial charge in [-0.05, 0) is 23.6 Å². The minimum Gasteiger partial charge on any atom is -0.268 e. The van der Waals surface area contributed by atoms with Crippen LogP contribution in [-0.2, 0) is 7.05 Å². The Morgan fingerprint density at radius 1 is 1.36 bits per heavy atom. The van der Waals surface area contributed by atoms with Gasteiger partial charge in [-0.3, -0.25) is 4.68 Å². The monoisotopic (exact) mass is 252 g/mol. The number of nitrogens with zero attached hydrogens (tertiary/aromatic N) is 2. The van der Waals surface area contributed by atoms with Crippen molar-refractivity contribution >= 4 is 26.8 Å². The average Bonchev–Trinajstić information content (AvgIpc) is 2.46. The highest BCUT2D eigenvalue weighted by atomic mass is 79.9. The molecule has 0 fully saturated rings. The van der Waals surface area contributed by atoms with Gasteiger partial charge in [0, 0.05) is 16.9 Å². The minimum atomic E-state index is 0.519. The predicted octanol–water partition coefficient (Wildman–Crippen LogP) is 3.46. The van der Waals surface area contributed by atoms with E-state index in [9.17, 15) is 0 Å². The van der Waals surface area contributed by atoms with Crippen LogP contribution in [0.3, 0.4) is 0 Å². The number of aromatic nitrogens is 2. The molecule has 0 spiro atoms. The van der Waals surface area contributed by atoms with Crippen LogP contribution in [0, 0.1) is 0 Å². The van der Waals surface area contributed by atoms with Gasteiger partial charge in [0.05, 0.1) is 11.7 Å². The summed E-state index contributed by atoms with van der Waals surface area (Å²) >= 11 is 3.52. The molecule has 0 radical (unpaired) electrons. The first kappa shape index (κ1) is 9.71. The molecule has 3 heteroatoms. The van der Waals surface area contributed by atoms with Gasteiger partial charge in [-0.2, -0.15) is 5.10 Å². The number of hydrogen-bond acceptors (Lipinski definition) is 1. The van der Waals surface area contributed by atoms with Crippen molar-refractivity contribution in [2.75, 3.05) is 0 Å². The number of aryl methyl sites for hydroxylation is 1. The maximum atomic E-state index is 4.28. The summed E-state index contributed by atoms with van der Waals surface area (Å²) in [6, 6.07) is 4.28. The van der Waals surface area contributed by atoms with E-state index < -0.39 is 0 Å². The number of rotatable bonds is 1. The molecule has 0 aliphatic rings. The lowest BCUT2D eigenvalue weighted by Gasteiger charge is -2.09. The van der Waals surface area contributed by atoms with E-state index in [2.05, 4.69) is 47.0 Å². The summed E-state index contributed by atoms with van der Waals surface area (Å²) in [6.45, 7) is 4.41. The molecule has 74 valence electrons. The van der Waals surface area contributed by atoms with Crippen LogP contribution in [0.1, 0.15) is 25.3 Å². The minimum absolute atomic E-state index is 0.519. The Hall–Kier alpha value is -0.830. The first-order chi connectivity index (χ1) is 6.59. The fourth-order valence-electron chi connectivity index (χ4n) is 1.76. The highest BCUT2D eigenvalue weighted by Crippen LogP contribution is 2.28. The summed E-state index contributed by atoms with van der Waals surface area (Å²) in [5.41, 5.74) is 2.58. The van der Waals surface area contributed by atoms with Gasteiger partial charge in [0.25, 0.3) is 0 Å². The fraction of sp³-hybridized carbons (Fsp3) is 0.364. The Morgan fingerprint density at radius 3 is 2.71 bits per heavy atom. The number of benzene rings is 1. The summed E-state index contributed by atoms with van der Waals surface area (Å²) in [5, 5.41) is 5.48. The predicted molar refractivity (Wildman–Crippen MR) is 62.5 cm³/mol. The van der Waals surface area contributed by atoms with Crippen molar-refractivity contribution in [1.82, 2.24) is 9.78 Å². The third kappa shape index (κ3) is 1.46. The second-order valence-corrected chi connectivity index (χ2v) is 4.77. The van der Waals surface area contributed by atoms with Gasteiger partial charge < -0.3 is 0 Å². The largest absolute Gasteiger partial charge is 0.268 e. The summed E-state index contributed by atoms with van der Waals surface area (Å²) in [6.07, 6.45) is 1.91. The third-order valence-corrected chi connectivity index (χ3v) is 2.91. The normalized spacial score (nSPS) is 11.5. The van der Waals surface area contributed by atoms with E-state index in [0.717, 1.165) is 4.47 Å². The molecule has 0 saturated heterocycles. The first-order valence-corrected chi connectivity index (χ1v) is 5.50. The van der Waals surface area contributed by atoms with Crippen molar-refractivity contribution in [1.29, 1.82) is 0 Å².